The summed E-state index contributed by atoms with van der Waals surface area (Å²) in [5, 5.41) is 13.6. The van der Waals surface area contributed by atoms with Crippen LogP contribution in [0.2, 0.25) is 0 Å². The molecule has 0 saturated carbocycles. The first kappa shape index (κ1) is 23.5. The van der Waals surface area contributed by atoms with Crippen molar-refractivity contribution in [2.45, 2.75) is 39.0 Å². The molecule has 1 aliphatic rings. The second-order valence-electron chi connectivity index (χ2n) is 9.10. The van der Waals surface area contributed by atoms with Crippen LogP contribution in [-0.4, -0.2) is 34.9 Å². The van der Waals surface area contributed by atoms with Gasteiger partial charge in [0, 0.05) is 54.5 Å². The van der Waals surface area contributed by atoms with E-state index in [1.165, 1.54) is 11.1 Å². The number of pyridine rings is 1. The van der Waals surface area contributed by atoms with E-state index in [9.17, 15) is 10.0 Å². The number of aromatic nitrogens is 1. The molecule has 34 heavy (non-hydrogen) atoms. The lowest BCUT2D eigenvalue weighted by molar-refractivity contribution is -0.122. The van der Waals surface area contributed by atoms with Gasteiger partial charge in [-0.25, -0.2) is 0 Å². The standard InChI is InChI=1S/C28H32N4O2/c1-19-5-3-4-6-25(19)26(18-27(31-34)23-11-14-30-20(2)17-23)21-7-9-24(10-8-21)32-15-12-22(13-16-32)28(29)33/h3-11,14,17,22,26,34H,12-13,15-16,18H2,1-2H3,(H2,29,33)/b31-27-. The molecule has 1 saturated heterocycles. The summed E-state index contributed by atoms with van der Waals surface area (Å²) >= 11 is 0. The normalized spacial score (nSPS) is 15.8. The van der Waals surface area contributed by atoms with E-state index in [4.69, 9.17) is 5.73 Å². The molecular weight excluding hydrogens is 424 g/mol. The second-order valence-corrected chi connectivity index (χ2v) is 9.10. The molecule has 0 radical (unpaired) electrons. The summed E-state index contributed by atoms with van der Waals surface area (Å²) in [7, 11) is 0. The van der Waals surface area contributed by atoms with Crippen molar-refractivity contribution in [1.82, 2.24) is 4.98 Å². The van der Waals surface area contributed by atoms with Gasteiger partial charge in [-0.15, -0.1) is 0 Å². The molecule has 3 N–H and O–H groups in total. The molecule has 1 aliphatic heterocycles. The van der Waals surface area contributed by atoms with E-state index < -0.39 is 0 Å². The molecular formula is C28H32N4O2. The van der Waals surface area contributed by atoms with Crippen LogP contribution in [0.3, 0.4) is 0 Å². The fraction of sp³-hybridized carbons (Fsp3) is 0.321. The third kappa shape index (κ3) is 5.28. The lowest BCUT2D eigenvalue weighted by Gasteiger charge is -2.32. The van der Waals surface area contributed by atoms with Gasteiger partial charge in [-0.2, -0.15) is 0 Å². The summed E-state index contributed by atoms with van der Waals surface area (Å²) in [5.41, 5.74) is 12.6. The van der Waals surface area contributed by atoms with Crippen molar-refractivity contribution in [2.24, 2.45) is 16.8 Å². The van der Waals surface area contributed by atoms with Gasteiger partial charge < -0.3 is 15.8 Å². The number of aryl methyl sites for hydroxylation is 2. The van der Waals surface area contributed by atoms with Crippen molar-refractivity contribution in [2.75, 3.05) is 18.0 Å². The van der Waals surface area contributed by atoms with Crippen molar-refractivity contribution < 1.29 is 10.0 Å². The molecule has 4 rings (SSSR count). The number of nitrogens with two attached hydrogens (primary N) is 1. The Kier molecular flexibility index (Phi) is 7.26. The van der Waals surface area contributed by atoms with Gasteiger partial charge in [0.2, 0.25) is 5.91 Å². The van der Waals surface area contributed by atoms with Crippen molar-refractivity contribution >= 4 is 17.3 Å². The van der Waals surface area contributed by atoms with E-state index in [1.54, 1.807) is 6.20 Å². The van der Waals surface area contributed by atoms with Gasteiger partial charge in [0.1, 0.15) is 0 Å². The summed E-state index contributed by atoms with van der Waals surface area (Å²) in [4.78, 5) is 18.1. The SMILES string of the molecule is Cc1cc(/C(CC(c2ccc(N3CCC(C(N)=O)CC3)cc2)c2ccccc2C)=N\O)ccn1. The topological polar surface area (TPSA) is 91.8 Å². The maximum atomic E-state index is 11.5. The average molecular weight is 457 g/mol. The van der Waals surface area contributed by atoms with Crippen LogP contribution in [0.15, 0.2) is 72.0 Å². The lowest BCUT2D eigenvalue weighted by atomic mass is 9.83. The van der Waals surface area contributed by atoms with Crippen LogP contribution in [-0.2, 0) is 4.79 Å². The Labute approximate surface area is 201 Å². The number of carbonyl (C=O) groups is 1. The van der Waals surface area contributed by atoms with Crippen LogP contribution in [0.1, 0.15) is 53.1 Å². The molecule has 1 unspecified atom stereocenters. The molecule has 1 amide bonds. The molecule has 1 atom stereocenters. The van der Waals surface area contributed by atoms with Crippen LogP contribution >= 0.6 is 0 Å². The van der Waals surface area contributed by atoms with Gasteiger partial charge >= 0.3 is 0 Å². The van der Waals surface area contributed by atoms with Crippen LogP contribution < -0.4 is 10.6 Å². The highest BCUT2D eigenvalue weighted by atomic mass is 16.4. The average Bonchev–Trinajstić information content (AvgIpc) is 2.86. The number of oxime groups is 1. The van der Waals surface area contributed by atoms with Gasteiger partial charge in [0.25, 0.3) is 0 Å². The minimum absolute atomic E-state index is 0.0195. The Balaban J connectivity index is 1.61. The summed E-state index contributed by atoms with van der Waals surface area (Å²) in [6.07, 6.45) is 3.90. The van der Waals surface area contributed by atoms with E-state index >= 15 is 0 Å². The molecule has 0 aliphatic carbocycles. The minimum Gasteiger partial charge on any atom is -0.411 e. The van der Waals surface area contributed by atoms with Crippen LogP contribution in [0.5, 0.6) is 0 Å². The predicted octanol–water partition coefficient (Wildman–Crippen LogP) is 4.80. The van der Waals surface area contributed by atoms with Crippen molar-refractivity contribution in [3.05, 3.63) is 94.8 Å². The molecule has 2 heterocycles. The molecule has 2 aromatic carbocycles. The quantitative estimate of drug-likeness (QED) is 0.303. The number of rotatable bonds is 7. The highest BCUT2D eigenvalue weighted by Gasteiger charge is 2.24. The Hall–Kier alpha value is -3.67. The molecule has 6 heteroatoms. The zero-order chi connectivity index (χ0) is 24.1. The van der Waals surface area contributed by atoms with Crippen LogP contribution in [0.25, 0.3) is 0 Å². The minimum atomic E-state index is -0.193. The number of anilines is 1. The lowest BCUT2D eigenvalue weighted by Crippen LogP contribution is -2.38. The molecule has 6 nitrogen and oxygen atoms in total. The van der Waals surface area contributed by atoms with E-state index in [1.807, 2.05) is 25.1 Å². The highest BCUT2D eigenvalue weighted by molar-refractivity contribution is 6.01. The molecule has 3 aromatic rings. The summed E-state index contributed by atoms with van der Waals surface area (Å²) < 4.78 is 0. The summed E-state index contributed by atoms with van der Waals surface area (Å²) in [6, 6.07) is 20.8. The Morgan fingerprint density at radius 2 is 1.82 bits per heavy atom. The Morgan fingerprint density at radius 1 is 1.12 bits per heavy atom. The molecule has 0 bridgehead atoms. The monoisotopic (exact) mass is 456 g/mol. The zero-order valence-electron chi connectivity index (χ0n) is 19.8. The number of nitrogens with zero attached hydrogens (tertiary/aromatic N) is 3. The smallest absolute Gasteiger partial charge is 0.220 e. The molecule has 176 valence electrons. The fourth-order valence-corrected chi connectivity index (χ4v) is 4.86. The first-order valence-corrected chi connectivity index (χ1v) is 11.8. The number of carbonyl (C=O) groups excluding carboxylic acids is 1. The van der Waals surface area contributed by atoms with Crippen molar-refractivity contribution in [3.63, 3.8) is 0 Å². The third-order valence-electron chi connectivity index (χ3n) is 6.87. The van der Waals surface area contributed by atoms with Crippen molar-refractivity contribution in [1.29, 1.82) is 0 Å². The fourth-order valence-electron chi connectivity index (χ4n) is 4.86. The van der Waals surface area contributed by atoms with Gasteiger partial charge in [-0.1, -0.05) is 41.6 Å². The van der Waals surface area contributed by atoms with Crippen molar-refractivity contribution in [3.8, 4) is 0 Å². The molecule has 1 fully saturated rings. The van der Waals surface area contributed by atoms with Gasteiger partial charge in [0.15, 0.2) is 0 Å². The van der Waals surface area contributed by atoms with Gasteiger partial charge in [-0.3, -0.25) is 9.78 Å². The number of hydrogen-bond acceptors (Lipinski definition) is 5. The van der Waals surface area contributed by atoms with E-state index in [-0.39, 0.29) is 17.7 Å². The molecule has 1 aromatic heterocycles. The van der Waals surface area contributed by atoms with Crippen LogP contribution in [0.4, 0.5) is 5.69 Å². The number of benzene rings is 2. The number of hydrogen-bond donors (Lipinski definition) is 2. The maximum absolute atomic E-state index is 11.5. The summed E-state index contributed by atoms with van der Waals surface area (Å²) in [6.45, 7) is 5.71. The van der Waals surface area contributed by atoms with E-state index in [2.05, 4.69) is 64.4 Å². The Bertz CT molecular complexity index is 1170. The first-order chi connectivity index (χ1) is 16.5. The number of amides is 1. The molecule has 0 spiro atoms. The third-order valence-corrected chi connectivity index (χ3v) is 6.87. The van der Waals surface area contributed by atoms with E-state index in [0.717, 1.165) is 48.4 Å². The number of piperidine rings is 1. The predicted molar refractivity (Wildman–Crippen MR) is 136 cm³/mol. The number of primary amides is 1. The zero-order valence-corrected chi connectivity index (χ0v) is 19.8. The maximum Gasteiger partial charge on any atom is 0.220 e. The van der Waals surface area contributed by atoms with Gasteiger partial charge in [0.05, 0.1) is 5.71 Å². The second kappa shape index (κ2) is 10.5. The largest absolute Gasteiger partial charge is 0.411 e. The first-order valence-electron chi connectivity index (χ1n) is 11.8. The Morgan fingerprint density at radius 3 is 2.44 bits per heavy atom. The highest BCUT2D eigenvalue weighted by Crippen LogP contribution is 2.33. The summed E-state index contributed by atoms with van der Waals surface area (Å²) in [5.74, 6) is -0.175. The van der Waals surface area contributed by atoms with E-state index in [0.29, 0.717) is 12.1 Å². The van der Waals surface area contributed by atoms with Crippen LogP contribution in [0, 0.1) is 19.8 Å². The van der Waals surface area contributed by atoms with Gasteiger partial charge in [-0.05, 0) is 67.6 Å².